The van der Waals surface area contributed by atoms with E-state index in [0.29, 0.717) is 42.5 Å². The maximum Gasteiger partial charge on any atom is 0.247 e. The molecule has 0 amide bonds. The molecule has 0 radical (unpaired) electrons. The number of aromatic nitrogens is 2. The molecule has 2 heterocycles. The van der Waals surface area contributed by atoms with Crippen LogP contribution >= 0.6 is 0 Å². The number of hydrogen-bond donors (Lipinski definition) is 1. The largest absolute Gasteiger partial charge is 0.375 e. The zero-order valence-corrected chi connectivity index (χ0v) is 13.9. The smallest absolute Gasteiger partial charge is 0.247 e. The molecule has 2 N–H and O–H groups in total. The van der Waals surface area contributed by atoms with Crippen LogP contribution in [0.15, 0.2) is 4.90 Å². The van der Waals surface area contributed by atoms with E-state index in [4.69, 9.17) is 10.5 Å². The number of rotatable bonds is 4. The molecule has 1 aromatic heterocycles. The molecule has 2 unspecified atom stereocenters. The quantitative estimate of drug-likeness (QED) is 0.860. The molecule has 0 aliphatic carbocycles. The maximum absolute atomic E-state index is 13.0. The molecule has 8 heteroatoms. The van der Waals surface area contributed by atoms with Gasteiger partial charge in [-0.05, 0) is 27.7 Å². The van der Waals surface area contributed by atoms with Crippen LogP contribution in [0.3, 0.4) is 0 Å². The molecule has 1 aliphatic heterocycles. The molecule has 0 bridgehead atoms. The van der Waals surface area contributed by atoms with Crippen LogP contribution in [0, 0.1) is 13.8 Å². The third kappa shape index (κ3) is 2.98. The van der Waals surface area contributed by atoms with Gasteiger partial charge in [-0.2, -0.15) is 9.40 Å². The molecule has 21 heavy (non-hydrogen) atoms. The highest BCUT2D eigenvalue weighted by molar-refractivity contribution is 7.89. The van der Waals surface area contributed by atoms with Gasteiger partial charge < -0.3 is 10.5 Å². The zero-order chi connectivity index (χ0) is 15.8. The topological polar surface area (TPSA) is 90.5 Å². The minimum atomic E-state index is -3.57. The number of hydrogen-bond acceptors (Lipinski definition) is 5. The van der Waals surface area contributed by atoms with Crippen molar-refractivity contribution in [1.82, 2.24) is 14.1 Å². The summed E-state index contributed by atoms with van der Waals surface area (Å²) in [5.74, 6) is 0. The first-order valence-electron chi connectivity index (χ1n) is 7.16. The van der Waals surface area contributed by atoms with Crippen LogP contribution in [-0.2, 0) is 21.3 Å². The van der Waals surface area contributed by atoms with Crippen LogP contribution in [0.25, 0.3) is 0 Å². The Bertz CT molecular complexity index is 611. The van der Waals surface area contributed by atoms with E-state index in [1.54, 1.807) is 18.5 Å². The number of ether oxygens (including phenoxy) is 1. The first-order chi connectivity index (χ1) is 9.78. The fraction of sp³-hybridized carbons (Fsp3) is 0.769. The molecule has 0 saturated carbocycles. The summed E-state index contributed by atoms with van der Waals surface area (Å²) in [5.41, 5.74) is 6.71. The highest BCUT2D eigenvalue weighted by Gasteiger charge is 2.37. The molecule has 120 valence electrons. The fourth-order valence-corrected chi connectivity index (χ4v) is 4.79. The average Bonchev–Trinajstić information content (AvgIpc) is 2.68. The highest BCUT2D eigenvalue weighted by Crippen LogP contribution is 2.27. The van der Waals surface area contributed by atoms with E-state index in [2.05, 4.69) is 5.10 Å². The molecule has 1 saturated heterocycles. The summed E-state index contributed by atoms with van der Waals surface area (Å²) >= 11 is 0. The Hall–Kier alpha value is -0.960. The van der Waals surface area contributed by atoms with Gasteiger partial charge in [0.05, 0.1) is 30.6 Å². The number of sulfonamides is 1. The van der Waals surface area contributed by atoms with Crippen molar-refractivity contribution in [3.63, 3.8) is 0 Å². The van der Waals surface area contributed by atoms with E-state index in [0.717, 1.165) is 0 Å². The molecule has 1 aromatic rings. The van der Waals surface area contributed by atoms with Crippen LogP contribution < -0.4 is 5.73 Å². The van der Waals surface area contributed by atoms with E-state index in [9.17, 15) is 8.42 Å². The van der Waals surface area contributed by atoms with Crippen molar-refractivity contribution >= 4 is 10.0 Å². The van der Waals surface area contributed by atoms with Crippen molar-refractivity contribution in [3.8, 4) is 0 Å². The molecule has 7 nitrogen and oxygen atoms in total. The van der Waals surface area contributed by atoms with Crippen LogP contribution in [0.2, 0.25) is 0 Å². The predicted octanol–water partition coefficient (Wildman–Crippen LogP) is 0.257. The van der Waals surface area contributed by atoms with Gasteiger partial charge in [-0.15, -0.1) is 0 Å². The van der Waals surface area contributed by atoms with Gasteiger partial charge in [0, 0.05) is 19.1 Å². The SMILES string of the molecule is Cc1nn(CCN)c(C)c1S(=O)(=O)N1CC(C)OCC1C. The van der Waals surface area contributed by atoms with Crippen molar-refractivity contribution in [2.45, 2.75) is 51.3 Å². The lowest BCUT2D eigenvalue weighted by Gasteiger charge is -2.35. The monoisotopic (exact) mass is 316 g/mol. The Morgan fingerprint density at radius 1 is 1.38 bits per heavy atom. The van der Waals surface area contributed by atoms with Crippen LogP contribution in [0.1, 0.15) is 25.2 Å². The molecule has 0 spiro atoms. The first kappa shape index (κ1) is 16.4. The van der Waals surface area contributed by atoms with Crippen molar-refractivity contribution < 1.29 is 13.2 Å². The predicted molar refractivity (Wildman–Crippen MR) is 79.5 cm³/mol. The van der Waals surface area contributed by atoms with Gasteiger partial charge in [-0.3, -0.25) is 4.68 Å². The van der Waals surface area contributed by atoms with Crippen LogP contribution in [0.4, 0.5) is 0 Å². The van der Waals surface area contributed by atoms with Crippen molar-refractivity contribution in [3.05, 3.63) is 11.4 Å². The Morgan fingerprint density at radius 2 is 2.05 bits per heavy atom. The van der Waals surface area contributed by atoms with Crippen LogP contribution in [0.5, 0.6) is 0 Å². The number of aryl methyl sites for hydroxylation is 1. The Labute approximate surface area is 126 Å². The lowest BCUT2D eigenvalue weighted by molar-refractivity contribution is -0.0170. The summed E-state index contributed by atoms with van der Waals surface area (Å²) in [5, 5.41) is 4.30. The summed E-state index contributed by atoms with van der Waals surface area (Å²) in [6.45, 7) is 8.95. The Kier molecular flexibility index (Phi) is 4.72. The van der Waals surface area contributed by atoms with Crippen molar-refractivity contribution in [2.24, 2.45) is 5.73 Å². The van der Waals surface area contributed by atoms with Crippen molar-refractivity contribution in [2.75, 3.05) is 19.7 Å². The van der Waals surface area contributed by atoms with Gasteiger partial charge >= 0.3 is 0 Å². The normalized spacial score (nSPS) is 24.4. The molecule has 1 aliphatic rings. The summed E-state index contributed by atoms with van der Waals surface area (Å²) in [7, 11) is -3.57. The zero-order valence-electron chi connectivity index (χ0n) is 13.0. The number of nitrogens with zero attached hydrogens (tertiary/aromatic N) is 3. The standard InChI is InChI=1S/C13H24N4O3S/c1-9-8-20-10(2)7-17(9)21(18,19)13-11(3)15-16(6-5-14)12(13)4/h9-10H,5-8,14H2,1-4H3. The molecule has 0 aromatic carbocycles. The summed E-state index contributed by atoms with van der Waals surface area (Å²) < 4.78 is 34.7. The fourth-order valence-electron chi connectivity index (χ4n) is 2.72. The molecular weight excluding hydrogens is 292 g/mol. The molecule has 2 atom stereocenters. The van der Waals surface area contributed by atoms with E-state index >= 15 is 0 Å². The lowest BCUT2D eigenvalue weighted by Crippen LogP contribution is -2.50. The second-order valence-corrected chi connectivity index (χ2v) is 7.41. The van der Waals surface area contributed by atoms with Gasteiger partial charge in [0.25, 0.3) is 0 Å². The maximum atomic E-state index is 13.0. The average molecular weight is 316 g/mol. The summed E-state index contributed by atoms with van der Waals surface area (Å²) in [4.78, 5) is 0.303. The van der Waals surface area contributed by atoms with E-state index in [-0.39, 0.29) is 12.1 Å². The van der Waals surface area contributed by atoms with E-state index < -0.39 is 10.0 Å². The lowest BCUT2D eigenvalue weighted by atomic mass is 10.2. The second kappa shape index (κ2) is 6.04. The third-order valence-electron chi connectivity index (χ3n) is 3.77. The van der Waals surface area contributed by atoms with Gasteiger partial charge in [-0.1, -0.05) is 0 Å². The second-order valence-electron chi connectivity index (χ2n) is 5.58. The van der Waals surface area contributed by atoms with Crippen molar-refractivity contribution in [1.29, 1.82) is 0 Å². The van der Waals surface area contributed by atoms with Gasteiger partial charge in [0.2, 0.25) is 10.0 Å². The molecular formula is C13H24N4O3S. The highest BCUT2D eigenvalue weighted by atomic mass is 32.2. The number of morpholine rings is 1. The van der Waals surface area contributed by atoms with Crippen LogP contribution in [-0.4, -0.2) is 54.3 Å². The third-order valence-corrected chi connectivity index (χ3v) is 6.01. The van der Waals surface area contributed by atoms with Gasteiger partial charge in [-0.25, -0.2) is 8.42 Å². The van der Waals surface area contributed by atoms with Gasteiger partial charge in [0.1, 0.15) is 4.90 Å². The number of nitrogens with two attached hydrogens (primary N) is 1. The van der Waals surface area contributed by atoms with E-state index in [1.165, 1.54) is 4.31 Å². The summed E-state index contributed by atoms with van der Waals surface area (Å²) in [6.07, 6.45) is -0.101. The Balaban J connectivity index is 2.44. The first-order valence-corrected chi connectivity index (χ1v) is 8.60. The van der Waals surface area contributed by atoms with E-state index in [1.807, 2.05) is 13.8 Å². The summed E-state index contributed by atoms with van der Waals surface area (Å²) in [6, 6.07) is -0.178. The molecule has 1 fully saturated rings. The minimum absolute atomic E-state index is 0.101. The Morgan fingerprint density at radius 3 is 2.67 bits per heavy atom. The molecule has 2 rings (SSSR count). The van der Waals surface area contributed by atoms with Gasteiger partial charge in [0.15, 0.2) is 0 Å². The minimum Gasteiger partial charge on any atom is -0.375 e.